The van der Waals surface area contributed by atoms with Gasteiger partial charge in [0.05, 0.1) is 11.4 Å². The lowest BCUT2D eigenvalue weighted by molar-refractivity contribution is 0.875. The number of fused-ring (bicyclic) bond motifs is 1. The number of rotatable bonds is 0. The summed E-state index contributed by atoms with van der Waals surface area (Å²) < 4.78 is 0. The number of nitrogens with zero attached hydrogens (tertiary/aromatic N) is 3. The lowest BCUT2D eigenvalue weighted by Crippen LogP contribution is -2.09. The molecule has 0 aromatic carbocycles. The van der Waals surface area contributed by atoms with Gasteiger partial charge in [0.25, 0.3) is 0 Å². The number of H-pyrrole nitrogens is 1. The molecule has 1 aromatic heterocycles. The van der Waals surface area contributed by atoms with Crippen LogP contribution >= 0.6 is 0 Å². The van der Waals surface area contributed by atoms with E-state index in [9.17, 15) is 0 Å². The lowest BCUT2D eigenvalue weighted by atomic mass is 10.1. The second-order valence-electron chi connectivity index (χ2n) is 2.34. The zero-order chi connectivity index (χ0) is 6.97. The molecular formula is C6H8N4. The maximum atomic E-state index is 4.24. The zero-order valence-electron chi connectivity index (χ0n) is 5.76. The fourth-order valence-corrected chi connectivity index (χ4v) is 1.12. The molecule has 1 aliphatic heterocycles. The van der Waals surface area contributed by atoms with E-state index in [2.05, 4.69) is 20.4 Å². The molecule has 52 valence electrons. The van der Waals surface area contributed by atoms with Gasteiger partial charge >= 0.3 is 0 Å². The van der Waals surface area contributed by atoms with Crippen LogP contribution in [-0.2, 0) is 6.42 Å². The third-order valence-corrected chi connectivity index (χ3v) is 1.66. The summed E-state index contributed by atoms with van der Waals surface area (Å²) in [5, 5.41) is 10.6. The van der Waals surface area contributed by atoms with Gasteiger partial charge in [-0.3, -0.25) is 4.99 Å². The Balaban J connectivity index is 2.55. The van der Waals surface area contributed by atoms with E-state index < -0.39 is 0 Å². The highest BCUT2D eigenvalue weighted by molar-refractivity contribution is 5.98. The summed E-state index contributed by atoms with van der Waals surface area (Å²) in [6, 6.07) is 0. The van der Waals surface area contributed by atoms with Crippen LogP contribution in [-0.4, -0.2) is 27.7 Å². The summed E-state index contributed by atoms with van der Waals surface area (Å²) >= 11 is 0. The fourth-order valence-electron chi connectivity index (χ4n) is 1.12. The van der Waals surface area contributed by atoms with Gasteiger partial charge in [0, 0.05) is 13.0 Å². The van der Waals surface area contributed by atoms with Gasteiger partial charge in [0.1, 0.15) is 5.69 Å². The van der Waals surface area contributed by atoms with Crippen LogP contribution in [0.2, 0.25) is 0 Å². The van der Waals surface area contributed by atoms with E-state index >= 15 is 0 Å². The monoisotopic (exact) mass is 136 g/mol. The molecule has 0 spiro atoms. The van der Waals surface area contributed by atoms with E-state index in [1.165, 1.54) is 0 Å². The van der Waals surface area contributed by atoms with Gasteiger partial charge in [-0.1, -0.05) is 0 Å². The van der Waals surface area contributed by atoms with Crippen molar-refractivity contribution < 1.29 is 0 Å². The molecular weight excluding hydrogens is 128 g/mol. The molecule has 0 radical (unpaired) electrons. The van der Waals surface area contributed by atoms with Crippen LogP contribution in [0.1, 0.15) is 18.3 Å². The second-order valence-corrected chi connectivity index (χ2v) is 2.34. The normalized spacial score (nSPS) is 16.3. The van der Waals surface area contributed by atoms with Crippen LogP contribution in [0.25, 0.3) is 0 Å². The van der Waals surface area contributed by atoms with E-state index in [1.54, 1.807) is 0 Å². The van der Waals surface area contributed by atoms with Crippen molar-refractivity contribution >= 4 is 5.71 Å². The number of hydrogen-bond donors (Lipinski definition) is 1. The Morgan fingerprint density at radius 1 is 1.40 bits per heavy atom. The van der Waals surface area contributed by atoms with Crippen molar-refractivity contribution in [2.24, 2.45) is 4.99 Å². The molecule has 0 bridgehead atoms. The van der Waals surface area contributed by atoms with Crippen molar-refractivity contribution in [2.75, 3.05) is 6.54 Å². The number of aromatic nitrogens is 3. The largest absolute Gasteiger partial charge is 0.287 e. The quantitative estimate of drug-likeness (QED) is 0.552. The maximum absolute atomic E-state index is 4.24. The van der Waals surface area contributed by atoms with Crippen molar-refractivity contribution in [3.05, 3.63) is 11.4 Å². The average molecular weight is 136 g/mol. The third kappa shape index (κ3) is 0.650. The van der Waals surface area contributed by atoms with E-state index in [0.717, 1.165) is 30.1 Å². The molecule has 0 fully saturated rings. The van der Waals surface area contributed by atoms with Gasteiger partial charge in [-0.15, -0.1) is 0 Å². The molecule has 0 saturated heterocycles. The molecule has 0 saturated carbocycles. The van der Waals surface area contributed by atoms with Gasteiger partial charge < -0.3 is 0 Å². The van der Waals surface area contributed by atoms with E-state index in [1.807, 2.05) is 6.92 Å². The summed E-state index contributed by atoms with van der Waals surface area (Å²) in [6.45, 7) is 2.81. The molecule has 2 heterocycles. The van der Waals surface area contributed by atoms with Crippen LogP contribution in [0.5, 0.6) is 0 Å². The predicted molar refractivity (Wildman–Crippen MR) is 37.2 cm³/mol. The Morgan fingerprint density at radius 2 is 2.30 bits per heavy atom. The van der Waals surface area contributed by atoms with Crippen LogP contribution in [0.4, 0.5) is 0 Å². The highest BCUT2D eigenvalue weighted by Crippen LogP contribution is 2.08. The summed E-state index contributed by atoms with van der Waals surface area (Å²) in [7, 11) is 0. The number of aromatic amines is 1. The van der Waals surface area contributed by atoms with Gasteiger partial charge in [0.2, 0.25) is 0 Å². The van der Waals surface area contributed by atoms with Gasteiger partial charge in [-0.2, -0.15) is 15.4 Å². The molecule has 4 nitrogen and oxygen atoms in total. The molecule has 0 amide bonds. The van der Waals surface area contributed by atoms with Crippen LogP contribution in [0.3, 0.4) is 0 Å². The molecule has 0 unspecified atom stereocenters. The van der Waals surface area contributed by atoms with Crippen molar-refractivity contribution in [3.63, 3.8) is 0 Å². The number of nitrogens with one attached hydrogen (secondary N) is 1. The molecule has 1 N–H and O–H groups in total. The Labute approximate surface area is 58.4 Å². The van der Waals surface area contributed by atoms with Gasteiger partial charge in [0.15, 0.2) is 0 Å². The standard InChI is InChI=1S/C6H8N4/c1-4-6-5(2-3-7-4)8-10-9-6/h2-3H2,1H3,(H,8,9,10). The van der Waals surface area contributed by atoms with Crippen molar-refractivity contribution in [2.45, 2.75) is 13.3 Å². The maximum Gasteiger partial charge on any atom is 0.129 e. The summed E-state index contributed by atoms with van der Waals surface area (Å²) in [5.41, 5.74) is 2.98. The minimum Gasteiger partial charge on any atom is -0.287 e. The molecule has 10 heavy (non-hydrogen) atoms. The Bertz CT molecular complexity index is 273. The average Bonchev–Trinajstić information content (AvgIpc) is 2.36. The SMILES string of the molecule is CC1=NCCc2n[nH]nc21. The molecule has 1 aliphatic rings. The van der Waals surface area contributed by atoms with Crippen molar-refractivity contribution in [1.82, 2.24) is 15.4 Å². The minimum absolute atomic E-state index is 0.853. The fraction of sp³-hybridized carbons (Fsp3) is 0.500. The highest BCUT2D eigenvalue weighted by Gasteiger charge is 2.13. The van der Waals surface area contributed by atoms with Crippen LogP contribution < -0.4 is 0 Å². The first kappa shape index (κ1) is 5.58. The van der Waals surface area contributed by atoms with E-state index in [0.29, 0.717) is 0 Å². The van der Waals surface area contributed by atoms with Crippen molar-refractivity contribution in [3.8, 4) is 0 Å². The summed E-state index contributed by atoms with van der Waals surface area (Å²) in [6.07, 6.45) is 0.920. The Morgan fingerprint density at radius 3 is 3.10 bits per heavy atom. The topological polar surface area (TPSA) is 53.9 Å². The second kappa shape index (κ2) is 1.90. The third-order valence-electron chi connectivity index (χ3n) is 1.66. The molecule has 0 atom stereocenters. The Kier molecular flexibility index (Phi) is 1.06. The van der Waals surface area contributed by atoms with Gasteiger partial charge in [-0.25, -0.2) is 0 Å². The summed E-state index contributed by atoms with van der Waals surface area (Å²) in [4.78, 5) is 4.24. The van der Waals surface area contributed by atoms with E-state index in [-0.39, 0.29) is 0 Å². The van der Waals surface area contributed by atoms with Crippen LogP contribution in [0, 0.1) is 0 Å². The zero-order valence-corrected chi connectivity index (χ0v) is 5.76. The molecule has 0 aliphatic carbocycles. The van der Waals surface area contributed by atoms with E-state index in [4.69, 9.17) is 0 Å². The highest BCUT2D eigenvalue weighted by atomic mass is 15.3. The van der Waals surface area contributed by atoms with Crippen molar-refractivity contribution in [1.29, 1.82) is 0 Å². The molecule has 1 aromatic rings. The van der Waals surface area contributed by atoms with Gasteiger partial charge in [-0.05, 0) is 6.92 Å². The minimum atomic E-state index is 0.853. The number of hydrogen-bond acceptors (Lipinski definition) is 3. The predicted octanol–water partition coefficient (Wildman–Crippen LogP) is 0.170. The summed E-state index contributed by atoms with van der Waals surface area (Å²) in [5.74, 6) is 0. The number of aliphatic imine (C=N–C) groups is 1. The first-order chi connectivity index (χ1) is 4.88. The molecule has 2 rings (SSSR count). The first-order valence-electron chi connectivity index (χ1n) is 3.29. The lowest BCUT2D eigenvalue weighted by Gasteiger charge is -2.04. The van der Waals surface area contributed by atoms with Crippen LogP contribution in [0.15, 0.2) is 4.99 Å². The Hall–Kier alpha value is -1.19. The first-order valence-corrected chi connectivity index (χ1v) is 3.29. The molecule has 4 heteroatoms. The smallest absolute Gasteiger partial charge is 0.129 e.